The number of H-pyrrole nitrogens is 1. The van der Waals surface area contributed by atoms with Crippen LogP contribution in [0.25, 0.3) is 22.2 Å². The van der Waals surface area contributed by atoms with E-state index in [-0.39, 0.29) is 41.8 Å². The highest BCUT2D eigenvalue weighted by atomic mass is 19.1. The molecule has 2 aliphatic rings. The topological polar surface area (TPSA) is 221 Å². The Bertz CT molecular complexity index is 2160. The standard InChI is InChI=1S/C34H38FN9O8/c1-17(2)28(45)41-33-40-27-24(30(47)42-33)38-16-44(27)31(48)23(35)32(50-3)52-34(49)11-9-19-13-22(51-21(19)14-34)43-12-10-20-25(36-15-37-26(20)43)39-29(46)18-7-5-4-6-8-18/h4-8,10,12,15-17,19,21-23,31-32,48-49H,9,11,13-14H2,1-3H3,(H,36,37,39,46)(H2,40,41,42,45,47)/t19-,21+,22+,23-,31+,32?,34?/m0/s1. The Balaban J connectivity index is 1.03. The van der Waals surface area contributed by atoms with Crippen LogP contribution in [0.5, 0.6) is 0 Å². The maximum Gasteiger partial charge on any atom is 0.280 e. The number of aliphatic hydroxyl groups excluding tert-OH is 1. The van der Waals surface area contributed by atoms with E-state index in [9.17, 15) is 24.6 Å². The van der Waals surface area contributed by atoms with E-state index in [1.54, 1.807) is 44.2 Å². The van der Waals surface area contributed by atoms with Crippen molar-refractivity contribution in [3.05, 3.63) is 71.2 Å². The number of alkyl halides is 1. The molecule has 1 saturated carbocycles. The number of aliphatic hydroxyl groups is 2. The lowest BCUT2D eigenvalue weighted by molar-refractivity contribution is -0.327. The van der Waals surface area contributed by atoms with Crippen LogP contribution in [0.2, 0.25) is 0 Å². The lowest BCUT2D eigenvalue weighted by Gasteiger charge is -2.40. The quantitative estimate of drug-likeness (QED) is 0.124. The number of aromatic amines is 1. The third-order valence-corrected chi connectivity index (χ3v) is 9.47. The third kappa shape index (κ3) is 6.78. The van der Waals surface area contributed by atoms with Crippen molar-refractivity contribution in [1.82, 2.24) is 34.1 Å². The molecule has 1 aromatic carbocycles. The molecule has 1 aliphatic heterocycles. The van der Waals surface area contributed by atoms with Crippen LogP contribution >= 0.6 is 0 Å². The Hall–Kier alpha value is -5.14. The van der Waals surface area contributed by atoms with Gasteiger partial charge < -0.3 is 34.3 Å². The van der Waals surface area contributed by atoms with Gasteiger partial charge in [0.1, 0.15) is 24.0 Å². The molecule has 2 amide bonds. The number of carbonyl (C=O) groups is 2. The zero-order valence-corrected chi connectivity index (χ0v) is 28.5. The Kier molecular flexibility index (Phi) is 9.57. The molecule has 7 rings (SSSR count). The van der Waals surface area contributed by atoms with Gasteiger partial charge in [-0.25, -0.2) is 19.3 Å². The van der Waals surface area contributed by atoms with Gasteiger partial charge in [0.25, 0.3) is 11.5 Å². The summed E-state index contributed by atoms with van der Waals surface area (Å²) >= 11 is 0. The first kappa shape index (κ1) is 35.3. The van der Waals surface area contributed by atoms with Crippen LogP contribution in [0.3, 0.4) is 0 Å². The van der Waals surface area contributed by atoms with Gasteiger partial charge >= 0.3 is 0 Å². The number of amides is 2. The van der Waals surface area contributed by atoms with E-state index in [1.165, 1.54) is 13.4 Å². The van der Waals surface area contributed by atoms with Gasteiger partial charge in [-0.05, 0) is 37.0 Å². The van der Waals surface area contributed by atoms with Crippen molar-refractivity contribution >= 4 is 45.8 Å². The maximum atomic E-state index is 16.0. The molecule has 18 heteroatoms. The molecule has 52 heavy (non-hydrogen) atoms. The average molecular weight is 720 g/mol. The summed E-state index contributed by atoms with van der Waals surface area (Å²) in [6, 6.07) is 10.6. The summed E-state index contributed by atoms with van der Waals surface area (Å²) in [4.78, 5) is 56.8. The van der Waals surface area contributed by atoms with E-state index in [0.29, 0.717) is 35.3 Å². The lowest BCUT2D eigenvalue weighted by Crippen LogP contribution is -2.48. The number of imidazole rings is 1. The maximum absolute atomic E-state index is 16.0. The van der Waals surface area contributed by atoms with Crippen LogP contribution < -0.4 is 16.2 Å². The van der Waals surface area contributed by atoms with Crippen LogP contribution in [-0.4, -0.2) is 87.5 Å². The summed E-state index contributed by atoms with van der Waals surface area (Å²) in [6.07, 6.45) is -1.50. The normalized spacial score (nSPS) is 23.4. The molecule has 7 atom stereocenters. The molecular formula is C34H38FN9O8. The highest BCUT2D eigenvalue weighted by molar-refractivity contribution is 6.07. The number of benzene rings is 1. The minimum atomic E-state index is -2.28. The predicted octanol–water partition coefficient (Wildman–Crippen LogP) is 3.01. The molecule has 0 spiro atoms. The van der Waals surface area contributed by atoms with E-state index in [2.05, 4.69) is 35.6 Å². The summed E-state index contributed by atoms with van der Waals surface area (Å²) < 4.78 is 36.2. The Morgan fingerprint density at radius 3 is 2.67 bits per heavy atom. The second kappa shape index (κ2) is 14.1. The Morgan fingerprint density at radius 1 is 1.13 bits per heavy atom. The molecular weight excluding hydrogens is 681 g/mol. The van der Waals surface area contributed by atoms with Gasteiger partial charge in [-0.2, -0.15) is 4.98 Å². The van der Waals surface area contributed by atoms with Crippen LogP contribution in [-0.2, 0) is 19.0 Å². The van der Waals surface area contributed by atoms with Gasteiger partial charge in [0.2, 0.25) is 11.9 Å². The van der Waals surface area contributed by atoms with E-state index in [0.717, 1.165) is 10.9 Å². The lowest BCUT2D eigenvalue weighted by atomic mass is 9.82. The van der Waals surface area contributed by atoms with Crippen molar-refractivity contribution in [2.75, 3.05) is 17.7 Å². The SMILES string of the molecule is COC(OC1(O)CC[C@H]2C[C@H](n3ccc4c(NC(=O)c5ccccc5)ncnc43)O[C@@H]2C1)[C@@H](F)[C@@H](O)n1cnc2c(=O)[nH]c(NC(=O)C(C)C)nc21. The van der Waals surface area contributed by atoms with Crippen molar-refractivity contribution in [3.63, 3.8) is 0 Å². The average Bonchev–Trinajstić information content (AvgIpc) is 3.87. The van der Waals surface area contributed by atoms with E-state index in [1.807, 2.05) is 16.8 Å². The number of anilines is 2. The molecule has 5 heterocycles. The summed E-state index contributed by atoms with van der Waals surface area (Å²) in [5.41, 5.74) is -0.0431. The molecule has 5 aromatic rings. The smallest absolute Gasteiger partial charge is 0.280 e. The fourth-order valence-corrected chi connectivity index (χ4v) is 6.68. The number of hydrogen-bond acceptors (Lipinski definition) is 12. The molecule has 0 radical (unpaired) electrons. The van der Waals surface area contributed by atoms with Gasteiger partial charge in [-0.15, -0.1) is 0 Å². The molecule has 274 valence electrons. The van der Waals surface area contributed by atoms with Crippen LogP contribution in [0.15, 0.2) is 60.0 Å². The molecule has 2 unspecified atom stereocenters. The second-order valence-electron chi connectivity index (χ2n) is 13.3. The second-order valence-corrected chi connectivity index (χ2v) is 13.3. The first-order valence-electron chi connectivity index (χ1n) is 16.8. The zero-order valence-electron chi connectivity index (χ0n) is 28.5. The number of carbonyl (C=O) groups excluding carboxylic acids is 2. The molecule has 5 N–H and O–H groups in total. The fraction of sp³-hybridized carbons (Fsp3) is 0.441. The minimum Gasteiger partial charge on any atom is -0.370 e. The largest absolute Gasteiger partial charge is 0.370 e. The van der Waals surface area contributed by atoms with Gasteiger partial charge in [-0.1, -0.05) is 32.0 Å². The number of nitrogens with zero attached hydrogens (tertiary/aromatic N) is 6. The summed E-state index contributed by atoms with van der Waals surface area (Å²) in [5.74, 6) is -2.79. The number of aromatic nitrogens is 7. The minimum absolute atomic E-state index is 0.00669. The summed E-state index contributed by atoms with van der Waals surface area (Å²) in [7, 11) is 1.17. The molecule has 1 saturated heterocycles. The van der Waals surface area contributed by atoms with Crippen LogP contribution in [0, 0.1) is 11.8 Å². The predicted molar refractivity (Wildman–Crippen MR) is 182 cm³/mol. The third-order valence-electron chi connectivity index (χ3n) is 9.47. The Labute approximate surface area is 295 Å². The van der Waals surface area contributed by atoms with Crippen LogP contribution in [0.1, 0.15) is 62.3 Å². The fourth-order valence-electron chi connectivity index (χ4n) is 6.68. The first-order chi connectivity index (χ1) is 24.9. The van der Waals surface area contributed by atoms with Crippen molar-refractivity contribution in [3.8, 4) is 0 Å². The number of methoxy groups -OCH3 is 1. The van der Waals surface area contributed by atoms with E-state index in [4.69, 9.17) is 14.2 Å². The van der Waals surface area contributed by atoms with Gasteiger partial charge in [0.05, 0.1) is 17.8 Å². The molecule has 1 aliphatic carbocycles. The number of nitrogens with one attached hydrogen (secondary N) is 3. The number of hydrogen-bond donors (Lipinski definition) is 5. The van der Waals surface area contributed by atoms with E-state index >= 15 is 4.39 Å². The van der Waals surface area contributed by atoms with Crippen LogP contribution in [0.4, 0.5) is 16.2 Å². The highest BCUT2D eigenvalue weighted by Gasteiger charge is 2.49. The van der Waals surface area contributed by atoms with Gasteiger partial charge in [-0.3, -0.25) is 29.3 Å². The van der Waals surface area contributed by atoms with Gasteiger partial charge in [0, 0.05) is 37.6 Å². The number of fused-ring (bicyclic) bond motifs is 3. The number of halogens is 1. The van der Waals surface area contributed by atoms with Crippen molar-refractivity contribution < 1.29 is 38.4 Å². The molecule has 4 aromatic heterocycles. The highest BCUT2D eigenvalue weighted by Crippen LogP contribution is 2.46. The summed E-state index contributed by atoms with van der Waals surface area (Å²) in [6.45, 7) is 3.31. The first-order valence-corrected chi connectivity index (χ1v) is 16.8. The number of rotatable bonds is 11. The Morgan fingerprint density at radius 2 is 1.92 bits per heavy atom. The summed E-state index contributed by atoms with van der Waals surface area (Å²) in [5, 5.41) is 28.5. The van der Waals surface area contributed by atoms with E-state index < -0.39 is 54.2 Å². The zero-order chi connectivity index (χ0) is 36.7. The monoisotopic (exact) mass is 719 g/mol. The molecule has 0 bridgehead atoms. The van der Waals surface area contributed by atoms with Crippen molar-refractivity contribution in [2.45, 2.75) is 76.3 Å². The van der Waals surface area contributed by atoms with Crippen molar-refractivity contribution in [1.29, 1.82) is 0 Å². The number of ether oxygens (including phenoxy) is 3. The van der Waals surface area contributed by atoms with Crippen molar-refractivity contribution in [2.24, 2.45) is 11.8 Å². The van der Waals surface area contributed by atoms with Gasteiger partial charge in [0.15, 0.2) is 35.6 Å². The molecule has 17 nitrogen and oxygen atoms in total. The molecule has 2 fully saturated rings.